The van der Waals surface area contributed by atoms with Crippen molar-refractivity contribution in [2.45, 2.75) is 51.9 Å². The van der Waals surface area contributed by atoms with E-state index < -0.39 is 0 Å². The van der Waals surface area contributed by atoms with Crippen molar-refractivity contribution in [2.75, 3.05) is 19.0 Å². The molecule has 0 aliphatic rings. The lowest BCUT2D eigenvalue weighted by atomic mass is 10.1. The van der Waals surface area contributed by atoms with E-state index in [1.54, 1.807) is 7.11 Å². The topological polar surface area (TPSA) is 21.3 Å². The molecule has 0 aromatic heterocycles. The molecule has 2 nitrogen and oxygen atoms in total. The number of hydrogen-bond acceptors (Lipinski definition) is 2. The first-order chi connectivity index (χ1) is 9.27. The van der Waals surface area contributed by atoms with Crippen LogP contribution in [-0.2, 0) is 0 Å². The van der Waals surface area contributed by atoms with E-state index in [0.29, 0.717) is 0 Å². The zero-order chi connectivity index (χ0) is 13.9. The molecule has 1 aromatic rings. The molecule has 0 spiro atoms. The molecule has 0 aliphatic carbocycles. The van der Waals surface area contributed by atoms with Gasteiger partial charge >= 0.3 is 0 Å². The van der Waals surface area contributed by atoms with Gasteiger partial charge in [-0.25, -0.2) is 0 Å². The van der Waals surface area contributed by atoms with Crippen molar-refractivity contribution in [1.29, 1.82) is 0 Å². The number of rotatable bonds is 10. The maximum atomic E-state index is 5.99. The fraction of sp³-hybridized carbons (Fsp3) is 0.625. The Kier molecular flexibility index (Phi) is 8.48. The molecule has 1 rings (SSSR count). The largest absolute Gasteiger partial charge is 0.495 e. The van der Waals surface area contributed by atoms with Crippen LogP contribution in [0.2, 0.25) is 5.02 Å². The van der Waals surface area contributed by atoms with Gasteiger partial charge in [0.2, 0.25) is 0 Å². The second-order valence-corrected chi connectivity index (χ2v) is 5.33. The van der Waals surface area contributed by atoms with Crippen LogP contribution < -0.4 is 10.1 Å². The molecular weight excluding hydrogens is 258 g/mol. The maximum absolute atomic E-state index is 5.99. The summed E-state index contributed by atoms with van der Waals surface area (Å²) >= 11 is 5.99. The average Bonchev–Trinajstić information content (AvgIpc) is 2.42. The summed E-state index contributed by atoms with van der Waals surface area (Å²) in [5, 5.41) is 4.14. The minimum Gasteiger partial charge on any atom is -0.495 e. The molecule has 19 heavy (non-hydrogen) atoms. The summed E-state index contributed by atoms with van der Waals surface area (Å²) in [6, 6.07) is 5.66. The Balaban J connectivity index is 2.17. The van der Waals surface area contributed by atoms with Crippen LogP contribution in [0.15, 0.2) is 18.2 Å². The smallest absolute Gasteiger partial charge is 0.142 e. The predicted octanol–water partition coefficient (Wildman–Crippen LogP) is 5.51. The van der Waals surface area contributed by atoms with Crippen molar-refractivity contribution in [3.05, 3.63) is 23.2 Å². The first-order valence-electron chi connectivity index (χ1n) is 7.35. The number of ether oxygens (including phenoxy) is 1. The summed E-state index contributed by atoms with van der Waals surface area (Å²) in [7, 11) is 1.68. The Labute approximate surface area is 122 Å². The van der Waals surface area contributed by atoms with Crippen molar-refractivity contribution in [2.24, 2.45) is 0 Å². The van der Waals surface area contributed by atoms with Gasteiger partial charge in [0.1, 0.15) is 5.75 Å². The number of methoxy groups -OCH3 is 1. The minimum absolute atomic E-state index is 0.739. The molecule has 0 atom stereocenters. The van der Waals surface area contributed by atoms with Gasteiger partial charge in [0.15, 0.2) is 0 Å². The Morgan fingerprint density at radius 3 is 2.42 bits per heavy atom. The van der Waals surface area contributed by atoms with Crippen LogP contribution >= 0.6 is 11.6 Å². The van der Waals surface area contributed by atoms with E-state index in [4.69, 9.17) is 16.3 Å². The third-order valence-corrected chi connectivity index (χ3v) is 3.49. The molecule has 108 valence electrons. The third kappa shape index (κ3) is 6.72. The van der Waals surface area contributed by atoms with E-state index >= 15 is 0 Å². The zero-order valence-corrected chi connectivity index (χ0v) is 12.9. The lowest BCUT2D eigenvalue weighted by Gasteiger charge is -2.11. The first kappa shape index (κ1) is 16.2. The molecule has 1 N–H and O–H groups in total. The minimum atomic E-state index is 0.739. The van der Waals surface area contributed by atoms with Crippen molar-refractivity contribution in [1.82, 2.24) is 0 Å². The van der Waals surface area contributed by atoms with Crippen LogP contribution in [0.1, 0.15) is 51.9 Å². The number of unbranched alkanes of at least 4 members (excludes halogenated alkanes) is 6. The van der Waals surface area contributed by atoms with Crippen molar-refractivity contribution < 1.29 is 4.74 Å². The molecule has 0 unspecified atom stereocenters. The van der Waals surface area contributed by atoms with Gasteiger partial charge < -0.3 is 10.1 Å². The standard InChI is InChI=1S/C16H26ClNO/c1-3-4-5-6-7-8-9-12-18-15-13-14(17)10-11-16(15)19-2/h10-11,13,18H,3-9,12H2,1-2H3. The number of halogens is 1. The molecule has 1 aromatic carbocycles. The molecule has 0 amide bonds. The molecule has 0 heterocycles. The Hall–Kier alpha value is -0.890. The van der Waals surface area contributed by atoms with Crippen molar-refractivity contribution in [3.8, 4) is 5.75 Å². The van der Waals surface area contributed by atoms with Crippen LogP contribution in [-0.4, -0.2) is 13.7 Å². The third-order valence-electron chi connectivity index (χ3n) is 3.26. The number of benzene rings is 1. The zero-order valence-electron chi connectivity index (χ0n) is 12.2. The summed E-state index contributed by atoms with van der Waals surface area (Å²) in [4.78, 5) is 0. The molecule has 0 radical (unpaired) electrons. The van der Waals surface area contributed by atoms with Gasteiger partial charge in [-0.15, -0.1) is 0 Å². The highest BCUT2D eigenvalue weighted by Crippen LogP contribution is 2.27. The number of nitrogens with one attached hydrogen (secondary N) is 1. The van der Waals surface area contributed by atoms with Crippen LogP contribution in [0.5, 0.6) is 5.75 Å². The fourth-order valence-electron chi connectivity index (χ4n) is 2.12. The molecule has 0 fully saturated rings. The second kappa shape index (κ2) is 9.96. The van der Waals surface area contributed by atoms with Crippen LogP contribution in [0.25, 0.3) is 0 Å². The average molecular weight is 284 g/mol. The van der Waals surface area contributed by atoms with E-state index in [-0.39, 0.29) is 0 Å². The van der Waals surface area contributed by atoms with E-state index in [1.165, 1.54) is 44.9 Å². The van der Waals surface area contributed by atoms with Crippen molar-refractivity contribution in [3.63, 3.8) is 0 Å². The van der Waals surface area contributed by atoms with Crippen LogP contribution in [0.4, 0.5) is 5.69 Å². The maximum Gasteiger partial charge on any atom is 0.142 e. The highest BCUT2D eigenvalue weighted by molar-refractivity contribution is 6.30. The summed E-state index contributed by atoms with van der Waals surface area (Å²) < 4.78 is 5.30. The SMILES string of the molecule is CCCCCCCCCNc1cc(Cl)ccc1OC. The van der Waals surface area contributed by atoms with E-state index in [9.17, 15) is 0 Å². The Morgan fingerprint density at radius 2 is 1.74 bits per heavy atom. The van der Waals surface area contributed by atoms with Gasteiger partial charge in [-0.2, -0.15) is 0 Å². The fourth-order valence-corrected chi connectivity index (χ4v) is 2.30. The quantitative estimate of drug-likeness (QED) is 0.572. The summed E-state index contributed by atoms with van der Waals surface area (Å²) in [5.74, 6) is 0.854. The molecular formula is C16H26ClNO. The summed E-state index contributed by atoms with van der Waals surface area (Å²) in [6.07, 6.45) is 9.27. The van der Waals surface area contributed by atoms with Crippen LogP contribution in [0.3, 0.4) is 0 Å². The molecule has 3 heteroatoms. The summed E-state index contributed by atoms with van der Waals surface area (Å²) in [6.45, 7) is 3.23. The van der Waals surface area contributed by atoms with Gasteiger partial charge in [0.05, 0.1) is 12.8 Å². The summed E-state index contributed by atoms with van der Waals surface area (Å²) in [5.41, 5.74) is 0.987. The van der Waals surface area contributed by atoms with Gasteiger partial charge in [-0.1, -0.05) is 57.0 Å². The highest BCUT2D eigenvalue weighted by Gasteiger charge is 2.02. The Morgan fingerprint density at radius 1 is 1.05 bits per heavy atom. The predicted molar refractivity (Wildman–Crippen MR) is 84.5 cm³/mol. The molecule has 0 saturated carbocycles. The van der Waals surface area contributed by atoms with Gasteiger partial charge in [-0.3, -0.25) is 0 Å². The van der Waals surface area contributed by atoms with E-state index in [0.717, 1.165) is 23.0 Å². The Bertz CT molecular complexity index is 355. The van der Waals surface area contributed by atoms with E-state index in [1.807, 2.05) is 18.2 Å². The molecule has 0 saturated heterocycles. The monoisotopic (exact) mass is 283 g/mol. The normalized spacial score (nSPS) is 10.5. The van der Waals surface area contributed by atoms with Gasteiger partial charge in [0, 0.05) is 11.6 Å². The van der Waals surface area contributed by atoms with Crippen LogP contribution in [0, 0.1) is 0 Å². The molecule has 0 aliphatic heterocycles. The second-order valence-electron chi connectivity index (χ2n) is 4.89. The highest BCUT2D eigenvalue weighted by atomic mass is 35.5. The van der Waals surface area contributed by atoms with Crippen molar-refractivity contribution >= 4 is 17.3 Å². The number of hydrogen-bond donors (Lipinski definition) is 1. The number of anilines is 1. The molecule has 0 bridgehead atoms. The lowest BCUT2D eigenvalue weighted by molar-refractivity contribution is 0.416. The lowest BCUT2D eigenvalue weighted by Crippen LogP contribution is -2.03. The van der Waals surface area contributed by atoms with Gasteiger partial charge in [-0.05, 0) is 24.6 Å². The van der Waals surface area contributed by atoms with Gasteiger partial charge in [0.25, 0.3) is 0 Å². The first-order valence-corrected chi connectivity index (χ1v) is 7.73. The van der Waals surface area contributed by atoms with E-state index in [2.05, 4.69) is 12.2 Å².